The number of hydrogen-bond donors (Lipinski definition) is 1. The Balaban J connectivity index is 3.78. The number of rotatable bonds is 2. The first kappa shape index (κ1) is 12.9. The zero-order chi connectivity index (χ0) is 12.7. The average molecular weight is 271 g/mol. The summed E-state index contributed by atoms with van der Waals surface area (Å²) in [5, 5.41) is 8.54. The van der Waals surface area contributed by atoms with Gasteiger partial charge in [0.15, 0.2) is 5.82 Å². The van der Waals surface area contributed by atoms with Crippen LogP contribution in [0.3, 0.4) is 0 Å². The SMILES string of the molecule is Cc1cc(S(=O)(=O)Cl)c(F)c(C(=O)O)c1F. The molecule has 88 valence electrons. The zero-order valence-corrected chi connectivity index (χ0v) is 9.36. The maximum atomic E-state index is 13.4. The van der Waals surface area contributed by atoms with Gasteiger partial charge in [0, 0.05) is 10.7 Å². The maximum Gasteiger partial charge on any atom is 0.341 e. The van der Waals surface area contributed by atoms with Crippen molar-refractivity contribution in [2.75, 3.05) is 0 Å². The Kier molecular flexibility index (Phi) is 3.20. The van der Waals surface area contributed by atoms with E-state index in [0.717, 1.165) is 6.92 Å². The van der Waals surface area contributed by atoms with Crippen molar-refractivity contribution >= 4 is 25.7 Å². The van der Waals surface area contributed by atoms with Crippen LogP contribution >= 0.6 is 10.7 Å². The maximum absolute atomic E-state index is 13.4. The average Bonchev–Trinajstić information content (AvgIpc) is 2.09. The topological polar surface area (TPSA) is 71.4 Å². The summed E-state index contributed by atoms with van der Waals surface area (Å²) in [5.41, 5.74) is -1.66. The molecule has 0 radical (unpaired) electrons. The molecule has 1 rings (SSSR count). The van der Waals surface area contributed by atoms with Crippen molar-refractivity contribution < 1.29 is 27.1 Å². The first-order valence-electron chi connectivity index (χ1n) is 3.82. The molecule has 0 spiro atoms. The summed E-state index contributed by atoms with van der Waals surface area (Å²) in [6.45, 7) is 1.10. The van der Waals surface area contributed by atoms with Crippen molar-refractivity contribution in [3.63, 3.8) is 0 Å². The fourth-order valence-corrected chi connectivity index (χ4v) is 2.08. The van der Waals surface area contributed by atoms with Gasteiger partial charge in [0.2, 0.25) is 0 Å². The van der Waals surface area contributed by atoms with Gasteiger partial charge in [-0.15, -0.1) is 0 Å². The zero-order valence-electron chi connectivity index (χ0n) is 7.79. The van der Waals surface area contributed by atoms with E-state index in [2.05, 4.69) is 0 Å². The van der Waals surface area contributed by atoms with Gasteiger partial charge in [0.05, 0.1) is 0 Å². The fraction of sp³-hybridized carbons (Fsp3) is 0.125. The first-order chi connectivity index (χ1) is 7.16. The molecule has 0 heterocycles. The van der Waals surface area contributed by atoms with E-state index in [0.29, 0.717) is 6.07 Å². The second kappa shape index (κ2) is 3.99. The van der Waals surface area contributed by atoms with Gasteiger partial charge in [-0.2, -0.15) is 0 Å². The second-order valence-corrected chi connectivity index (χ2v) is 5.47. The number of aryl methyl sites for hydroxylation is 1. The van der Waals surface area contributed by atoms with Crippen LogP contribution in [0.2, 0.25) is 0 Å². The molecule has 0 unspecified atom stereocenters. The molecule has 1 N–H and O–H groups in total. The van der Waals surface area contributed by atoms with E-state index < -0.39 is 37.1 Å². The Morgan fingerprint density at radius 1 is 1.38 bits per heavy atom. The molecule has 0 fully saturated rings. The van der Waals surface area contributed by atoms with Gasteiger partial charge in [-0.25, -0.2) is 22.0 Å². The fourth-order valence-electron chi connectivity index (χ4n) is 1.11. The Bertz CT molecular complexity index is 568. The lowest BCUT2D eigenvalue weighted by molar-refractivity contribution is 0.0685. The van der Waals surface area contributed by atoms with E-state index in [-0.39, 0.29) is 5.56 Å². The molecule has 0 amide bonds. The molecule has 0 bridgehead atoms. The number of halogens is 3. The largest absolute Gasteiger partial charge is 0.477 e. The van der Waals surface area contributed by atoms with Gasteiger partial charge in [-0.1, -0.05) is 0 Å². The quantitative estimate of drug-likeness (QED) is 0.833. The van der Waals surface area contributed by atoms with Crippen molar-refractivity contribution in [3.8, 4) is 0 Å². The molecule has 0 aliphatic rings. The summed E-state index contributed by atoms with van der Waals surface area (Å²) in [4.78, 5) is 9.51. The molecule has 0 saturated heterocycles. The molecular formula is C8H5ClF2O4S. The Morgan fingerprint density at radius 3 is 2.25 bits per heavy atom. The molecule has 0 aliphatic carbocycles. The molecule has 4 nitrogen and oxygen atoms in total. The minimum atomic E-state index is -4.46. The third kappa shape index (κ3) is 2.14. The molecule has 8 heteroatoms. The predicted octanol–water partition coefficient (Wildman–Crippen LogP) is 1.90. The van der Waals surface area contributed by atoms with Crippen molar-refractivity contribution in [2.45, 2.75) is 11.8 Å². The van der Waals surface area contributed by atoms with Gasteiger partial charge in [-0.05, 0) is 18.6 Å². The highest BCUT2D eigenvalue weighted by atomic mass is 35.7. The van der Waals surface area contributed by atoms with Crippen LogP contribution in [0.15, 0.2) is 11.0 Å². The van der Waals surface area contributed by atoms with Gasteiger partial charge in [-0.3, -0.25) is 0 Å². The van der Waals surface area contributed by atoms with Crippen molar-refractivity contribution in [1.29, 1.82) is 0 Å². The van der Waals surface area contributed by atoms with E-state index in [1.807, 2.05) is 0 Å². The molecule has 0 atom stereocenters. The highest BCUT2D eigenvalue weighted by molar-refractivity contribution is 8.13. The molecule has 0 aromatic heterocycles. The lowest BCUT2D eigenvalue weighted by Gasteiger charge is -2.06. The van der Waals surface area contributed by atoms with Gasteiger partial charge < -0.3 is 5.11 Å². The van der Waals surface area contributed by atoms with Crippen LogP contribution in [0.4, 0.5) is 8.78 Å². The second-order valence-electron chi connectivity index (χ2n) is 2.94. The van der Waals surface area contributed by atoms with Crippen LogP contribution in [0, 0.1) is 18.6 Å². The van der Waals surface area contributed by atoms with E-state index >= 15 is 0 Å². The van der Waals surface area contributed by atoms with E-state index in [1.54, 1.807) is 0 Å². The van der Waals surface area contributed by atoms with Crippen LogP contribution in [0.5, 0.6) is 0 Å². The number of hydrogen-bond acceptors (Lipinski definition) is 3. The molecular weight excluding hydrogens is 266 g/mol. The van der Waals surface area contributed by atoms with Crippen LogP contribution in [0.25, 0.3) is 0 Å². The van der Waals surface area contributed by atoms with Crippen LogP contribution in [-0.2, 0) is 9.05 Å². The van der Waals surface area contributed by atoms with Crippen LogP contribution in [0.1, 0.15) is 15.9 Å². The van der Waals surface area contributed by atoms with Gasteiger partial charge in [0.25, 0.3) is 9.05 Å². The third-order valence-electron chi connectivity index (χ3n) is 1.83. The van der Waals surface area contributed by atoms with Crippen molar-refractivity contribution in [1.82, 2.24) is 0 Å². The van der Waals surface area contributed by atoms with Crippen molar-refractivity contribution in [3.05, 3.63) is 28.8 Å². The minimum absolute atomic E-state index is 0.321. The summed E-state index contributed by atoms with van der Waals surface area (Å²) in [6.07, 6.45) is 0. The summed E-state index contributed by atoms with van der Waals surface area (Å²) in [7, 11) is 0.420. The molecule has 16 heavy (non-hydrogen) atoms. The monoisotopic (exact) mass is 270 g/mol. The van der Waals surface area contributed by atoms with Crippen molar-refractivity contribution in [2.24, 2.45) is 0 Å². The number of carboxylic acids is 1. The molecule has 1 aromatic carbocycles. The highest BCUT2D eigenvalue weighted by Gasteiger charge is 2.27. The van der Waals surface area contributed by atoms with Gasteiger partial charge in [0.1, 0.15) is 16.3 Å². The smallest absolute Gasteiger partial charge is 0.341 e. The van der Waals surface area contributed by atoms with E-state index in [4.69, 9.17) is 15.8 Å². The summed E-state index contributed by atoms with van der Waals surface area (Å²) in [5.74, 6) is -4.93. The predicted molar refractivity (Wildman–Crippen MR) is 51.1 cm³/mol. The van der Waals surface area contributed by atoms with Gasteiger partial charge >= 0.3 is 5.97 Å². The normalized spacial score (nSPS) is 11.5. The molecule has 1 aromatic rings. The number of aromatic carboxylic acids is 1. The first-order valence-corrected chi connectivity index (χ1v) is 6.13. The summed E-state index contributed by atoms with van der Waals surface area (Å²) < 4.78 is 48.4. The summed E-state index contributed by atoms with van der Waals surface area (Å²) in [6, 6.07) is 0.638. The standard InChI is InChI=1S/C8H5ClF2O4S/c1-3-2-4(16(9,14)15)7(11)5(6(3)10)8(12)13/h2H,1H3,(H,12,13). The third-order valence-corrected chi connectivity index (χ3v) is 3.15. The minimum Gasteiger partial charge on any atom is -0.477 e. The summed E-state index contributed by atoms with van der Waals surface area (Å²) >= 11 is 0. The number of carbonyl (C=O) groups is 1. The number of benzene rings is 1. The Labute approximate surface area is 93.9 Å². The Morgan fingerprint density at radius 2 is 1.88 bits per heavy atom. The van der Waals surface area contributed by atoms with Crippen LogP contribution < -0.4 is 0 Å². The molecule has 0 saturated carbocycles. The molecule has 0 aliphatic heterocycles. The van der Waals surface area contributed by atoms with E-state index in [1.165, 1.54) is 0 Å². The highest BCUT2D eigenvalue weighted by Crippen LogP contribution is 2.26. The Hall–Kier alpha value is -1.21. The van der Waals surface area contributed by atoms with Crippen LogP contribution in [-0.4, -0.2) is 19.5 Å². The lowest BCUT2D eigenvalue weighted by Crippen LogP contribution is -2.10. The number of carboxylic acid groups (broad SMARTS) is 1. The van der Waals surface area contributed by atoms with E-state index in [9.17, 15) is 22.0 Å². The lowest BCUT2D eigenvalue weighted by atomic mass is 10.1.